The van der Waals surface area contributed by atoms with Gasteiger partial charge in [-0.1, -0.05) is 28.1 Å². The second kappa shape index (κ2) is 6.94. The normalized spacial score (nSPS) is 11.2. The molecule has 1 rings (SSSR count). The van der Waals surface area contributed by atoms with E-state index in [1.54, 1.807) is 11.9 Å². The van der Waals surface area contributed by atoms with Crippen LogP contribution in [0.4, 0.5) is 4.79 Å². The van der Waals surface area contributed by atoms with E-state index >= 15 is 0 Å². The molecule has 0 spiro atoms. The largest absolute Gasteiger partial charge is 0.444 e. The van der Waals surface area contributed by atoms with Gasteiger partial charge in [0.2, 0.25) is 0 Å². The fraction of sp³-hybridized carbons (Fsp3) is 0.533. The molecule has 3 nitrogen and oxygen atoms in total. The van der Waals surface area contributed by atoms with Gasteiger partial charge in [0.05, 0.1) is 0 Å². The monoisotopic (exact) mass is 327 g/mol. The number of carbonyl (C=O) groups excluding carboxylic acids is 1. The Hall–Kier alpha value is -1.03. The zero-order chi connectivity index (χ0) is 14.5. The number of halogens is 1. The molecule has 106 valence electrons. The van der Waals surface area contributed by atoms with Crippen LogP contribution in [-0.4, -0.2) is 30.2 Å². The Balaban J connectivity index is 2.32. The van der Waals surface area contributed by atoms with Crippen molar-refractivity contribution >= 4 is 22.0 Å². The molecule has 0 aliphatic heterocycles. The van der Waals surface area contributed by atoms with Gasteiger partial charge in [-0.25, -0.2) is 4.79 Å². The number of hydrogen-bond donors (Lipinski definition) is 0. The average molecular weight is 328 g/mol. The summed E-state index contributed by atoms with van der Waals surface area (Å²) in [6.07, 6.45) is 1.63. The van der Waals surface area contributed by atoms with Crippen LogP contribution >= 0.6 is 15.9 Å². The van der Waals surface area contributed by atoms with Gasteiger partial charge in [-0.2, -0.15) is 0 Å². The van der Waals surface area contributed by atoms with Gasteiger partial charge in [0, 0.05) is 18.1 Å². The highest BCUT2D eigenvalue weighted by Crippen LogP contribution is 2.13. The first-order chi connectivity index (χ1) is 8.78. The van der Waals surface area contributed by atoms with Gasteiger partial charge < -0.3 is 9.64 Å². The summed E-state index contributed by atoms with van der Waals surface area (Å²) < 4.78 is 6.38. The Bertz CT molecular complexity index is 409. The van der Waals surface area contributed by atoms with Crippen LogP contribution in [0.5, 0.6) is 0 Å². The highest BCUT2D eigenvalue weighted by molar-refractivity contribution is 9.10. The maximum Gasteiger partial charge on any atom is 0.410 e. The summed E-state index contributed by atoms with van der Waals surface area (Å²) in [5.41, 5.74) is 0.845. The zero-order valence-electron chi connectivity index (χ0n) is 12.1. The number of ether oxygens (including phenoxy) is 1. The summed E-state index contributed by atoms with van der Waals surface area (Å²) in [5.74, 6) is 0. The zero-order valence-corrected chi connectivity index (χ0v) is 13.7. The van der Waals surface area contributed by atoms with Crippen LogP contribution < -0.4 is 0 Å². The van der Waals surface area contributed by atoms with Gasteiger partial charge >= 0.3 is 6.09 Å². The number of carbonyl (C=O) groups is 1. The van der Waals surface area contributed by atoms with Crippen molar-refractivity contribution in [2.75, 3.05) is 13.6 Å². The molecule has 0 heterocycles. The van der Waals surface area contributed by atoms with Crippen LogP contribution in [0.1, 0.15) is 32.8 Å². The first-order valence-electron chi connectivity index (χ1n) is 6.46. The predicted molar refractivity (Wildman–Crippen MR) is 81.3 cm³/mol. The third kappa shape index (κ3) is 6.62. The Kier molecular flexibility index (Phi) is 5.85. The molecular formula is C15H22BrNO2. The Morgan fingerprint density at radius 1 is 1.26 bits per heavy atom. The third-order valence-corrected chi connectivity index (χ3v) is 3.11. The van der Waals surface area contributed by atoms with Crippen molar-refractivity contribution in [2.24, 2.45) is 0 Å². The summed E-state index contributed by atoms with van der Waals surface area (Å²) in [4.78, 5) is 13.4. The van der Waals surface area contributed by atoms with Crippen molar-refractivity contribution in [3.8, 4) is 0 Å². The van der Waals surface area contributed by atoms with E-state index in [-0.39, 0.29) is 6.09 Å². The molecular weight excluding hydrogens is 306 g/mol. The van der Waals surface area contributed by atoms with E-state index in [0.29, 0.717) is 6.54 Å². The predicted octanol–water partition coefficient (Wildman–Crippen LogP) is 4.25. The van der Waals surface area contributed by atoms with E-state index in [0.717, 1.165) is 17.3 Å². The second-order valence-corrected chi connectivity index (χ2v) is 6.55. The molecule has 1 amide bonds. The molecule has 19 heavy (non-hydrogen) atoms. The van der Waals surface area contributed by atoms with Gasteiger partial charge in [-0.05, 0) is 51.3 Å². The first-order valence-corrected chi connectivity index (χ1v) is 7.26. The number of amides is 1. The fourth-order valence-corrected chi connectivity index (χ4v) is 1.87. The van der Waals surface area contributed by atoms with E-state index in [4.69, 9.17) is 4.74 Å². The van der Waals surface area contributed by atoms with Gasteiger partial charge in [0.1, 0.15) is 5.60 Å². The average Bonchev–Trinajstić information content (AvgIpc) is 2.29. The Morgan fingerprint density at radius 2 is 1.84 bits per heavy atom. The van der Waals surface area contributed by atoms with Crippen molar-refractivity contribution < 1.29 is 9.53 Å². The van der Waals surface area contributed by atoms with Crippen LogP contribution in [0.2, 0.25) is 0 Å². The minimum absolute atomic E-state index is 0.261. The highest BCUT2D eigenvalue weighted by Gasteiger charge is 2.18. The lowest BCUT2D eigenvalue weighted by Gasteiger charge is -2.24. The van der Waals surface area contributed by atoms with E-state index < -0.39 is 5.60 Å². The molecule has 0 aliphatic carbocycles. The Labute approximate surface area is 124 Å². The minimum atomic E-state index is -0.433. The van der Waals surface area contributed by atoms with Gasteiger partial charge in [0.15, 0.2) is 0 Å². The lowest BCUT2D eigenvalue weighted by atomic mass is 10.1. The number of rotatable bonds is 4. The van der Waals surface area contributed by atoms with Crippen LogP contribution in [0, 0.1) is 0 Å². The highest BCUT2D eigenvalue weighted by atomic mass is 79.9. The first kappa shape index (κ1) is 16.0. The van der Waals surface area contributed by atoms with Gasteiger partial charge in [-0.3, -0.25) is 0 Å². The molecule has 4 heteroatoms. The lowest BCUT2D eigenvalue weighted by molar-refractivity contribution is 0.0297. The molecule has 1 aromatic carbocycles. The number of benzene rings is 1. The van der Waals surface area contributed by atoms with E-state index in [1.807, 2.05) is 32.9 Å². The van der Waals surface area contributed by atoms with Crippen LogP contribution in [0.3, 0.4) is 0 Å². The smallest absolute Gasteiger partial charge is 0.410 e. The van der Waals surface area contributed by atoms with Crippen LogP contribution in [0.25, 0.3) is 0 Å². The molecule has 0 unspecified atom stereocenters. The summed E-state index contributed by atoms with van der Waals surface area (Å²) in [7, 11) is 1.77. The fourth-order valence-electron chi connectivity index (χ4n) is 1.60. The van der Waals surface area contributed by atoms with Crippen molar-refractivity contribution in [1.29, 1.82) is 0 Å². The quantitative estimate of drug-likeness (QED) is 0.827. The van der Waals surface area contributed by atoms with E-state index in [2.05, 4.69) is 28.1 Å². The van der Waals surface area contributed by atoms with Crippen LogP contribution in [-0.2, 0) is 11.2 Å². The standard InChI is InChI=1S/C15H22BrNO2/c1-15(2,3)19-14(18)17(4)11-5-6-12-7-9-13(16)10-8-12/h7-10H,5-6,11H2,1-4H3. The summed E-state index contributed by atoms with van der Waals surface area (Å²) >= 11 is 3.41. The van der Waals surface area contributed by atoms with Gasteiger partial charge in [0.25, 0.3) is 0 Å². The Morgan fingerprint density at radius 3 is 2.37 bits per heavy atom. The minimum Gasteiger partial charge on any atom is -0.444 e. The molecule has 1 aromatic rings. The number of aryl methyl sites for hydroxylation is 1. The number of nitrogens with zero attached hydrogens (tertiary/aromatic N) is 1. The molecule has 0 radical (unpaired) electrons. The summed E-state index contributed by atoms with van der Waals surface area (Å²) in [5, 5.41) is 0. The van der Waals surface area contributed by atoms with Crippen LogP contribution in [0.15, 0.2) is 28.7 Å². The maximum absolute atomic E-state index is 11.7. The maximum atomic E-state index is 11.7. The topological polar surface area (TPSA) is 29.5 Å². The SMILES string of the molecule is CN(CCCc1ccc(Br)cc1)C(=O)OC(C)(C)C. The molecule has 0 atom stereocenters. The van der Waals surface area contributed by atoms with Crippen molar-refractivity contribution in [2.45, 2.75) is 39.2 Å². The molecule has 0 saturated carbocycles. The third-order valence-electron chi connectivity index (χ3n) is 2.58. The van der Waals surface area contributed by atoms with Crippen molar-refractivity contribution in [3.05, 3.63) is 34.3 Å². The molecule has 0 N–H and O–H groups in total. The van der Waals surface area contributed by atoms with Gasteiger partial charge in [-0.15, -0.1) is 0 Å². The molecule has 0 saturated heterocycles. The van der Waals surface area contributed by atoms with E-state index in [1.165, 1.54) is 5.56 Å². The lowest BCUT2D eigenvalue weighted by Crippen LogP contribution is -2.34. The molecule has 0 aliphatic rings. The summed E-state index contributed by atoms with van der Waals surface area (Å²) in [6.45, 7) is 6.33. The molecule has 0 aromatic heterocycles. The van der Waals surface area contributed by atoms with Crippen molar-refractivity contribution in [3.63, 3.8) is 0 Å². The van der Waals surface area contributed by atoms with Crippen molar-refractivity contribution in [1.82, 2.24) is 4.90 Å². The molecule has 0 fully saturated rings. The number of hydrogen-bond acceptors (Lipinski definition) is 2. The van der Waals surface area contributed by atoms with E-state index in [9.17, 15) is 4.79 Å². The molecule has 0 bridgehead atoms. The second-order valence-electron chi connectivity index (χ2n) is 5.63. The summed E-state index contributed by atoms with van der Waals surface area (Å²) in [6, 6.07) is 8.26.